The second kappa shape index (κ2) is 10.1. The van der Waals surface area contributed by atoms with Gasteiger partial charge in [-0.3, -0.25) is 4.90 Å². The molecule has 1 saturated heterocycles. The maximum atomic E-state index is 11.0. The van der Waals surface area contributed by atoms with Crippen LogP contribution in [0.4, 0.5) is 13.2 Å². The van der Waals surface area contributed by atoms with Gasteiger partial charge in [0.15, 0.2) is 0 Å². The summed E-state index contributed by atoms with van der Waals surface area (Å²) in [5.41, 5.74) is 1.49. The minimum atomic E-state index is -5.08. The van der Waals surface area contributed by atoms with E-state index in [0.29, 0.717) is 11.6 Å². The van der Waals surface area contributed by atoms with E-state index < -0.39 is 18.1 Å². The highest BCUT2D eigenvalue weighted by Gasteiger charge is 2.38. The molecule has 1 aromatic carbocycles. The Morgan fingerprint density at radius 2 is 1.66 bits per heavy atom. The normalized spacial score (nSPS) is 18.9. The molecule has 32 heavy (non-hydrogen) atoms. The van der Waals surface area contributed by atoms with E-state index in [-0.39, 0.29) is 0 Å². The fourth-order valence-corrected chi connectivity index (χ4v) is 4.04. The van der Waals surface area contributed by atoms with Crippen molar-refractivity contribution in [2.45, 2.75) is 63.8 Å². The molecule has 0 bridgehead atoms. The Labute approximate surface area is 182 Å². The largest absolute Gasteiger partial charge is 0.490 e. The third-order valence-electron chi connectivity index (χ3n) is 5.63. The van der Waals surface area contributed by atoms with E-state index in [0.717, 1.165) is 49.7 Å². The number of hydrogen-bond donors (Lipinski definition) is 2. The zero-order valence-electron chi connectivity index (χ0n) is 17.4. The molecule has 8 nitrogen and oxygen atoms in total. The number of likely N-dealkylation sites (tertiary alicyclic amines) is 1. The lowest BCUT2D eigenvalue weighted by atomic mass is 9.99. The van der Waals surface area contributed by atoms with Crippen molar-refractivity contribution in [1.29, 1.82) is 0 Å². The van der Waals surface area contributed by atoms with Crippen molar-refractivity contribution in [3.63, 3.8) is 0 Å². The van der Waals surface area contributed by atoms with Crippen LogP contribution in [-0.2, 0) is 24.3 Å². The fourth-order valence-electron chi connectivity index (χ4n) is 4.04. The van der Waals surface area contributed by atoms with E-state index in [1.54, 1.807) is 12.1 Å². The average Bonchev–Trinajstić information content (AvgIpc) is 3.18. The molecule has 2 aromatic rings. The zero-order valence-corrected chi connectivity index (χ0v) is 17.4. The summed E-state index contributed by atoms with van der Waals surface area (Å²) < 4.78 is 34.1. The maximum Gasteiger partial charge on any atom is 0.490 e. The molecule has 0 aliphatic carbocycles. The Bertz CT molecular complexity index is 944. The number of halogens is 3. The van der Waals surface area contributed by atoms with Gasteiger partial charge in [0.05, 0.1) is 11.6 Å². The van der Waals surface area contributed by atoms with E-state index in [2.05, 4.69) is 19.7 Å². The lowest BCUT2D eigenvalue weighted by molar-refractivity contribution is -0.192. The second-order valence-corrected chi connectivity index (χ2v) is 7.87. The van der Waals surface area contributed by atoms with Gasteiger partial charge in [0.25, 0.3) is 0 Å². The van der Waals surface area contributed by atoms with Crippen molar-refractivity contribution in [3.8, 4) is 0 Å². The molecule has 1 fully saturated rings. The Morgan fingerprint density at radius 3 is 2.28 bits per heavy atom. The van der Waals surface area contributed by atoms with Crippen LogP contribution in [0.25, 0.3) is 0 Å². The highest BCUT2D eigenvalue weighted by Crippen LogP contribution is 2.32. The van der Waals surface area contributed by atoms with Crippen LogP contribution >= 0.6 is 0 Å². The van der Waals surface area contributed by atoms with Gasteiger partial charge in [-0.15, -0.1) is 10.2 Å². The van der Waals surface area contributed by atoms with Crippen LogP contribution in [0.3, 0.4) is 0 Å². The number of fused-ring (bicyclic) bond motifs is 1. The topological polar surface area (TPSA) is 109 Å². The smallest absolute Gasteiger partial charge is 0.478 e. The van der Waals surface area contributed by atoms with Gasteiger partial charge in [0.1, 0.15) is 11.6 Å². The minimum absolute atomic E-state index is 0.312. The maximum absolute atomic E-state index is 11.0. The number of nitrogens with zero attached hydrogens (tertiary/aromatic N) is 4. The van der Waals surface area contributed by atoms with E-state index in [9.17, 15) is 18.0 Å². The highest BCUT2D eigenvalue weighted by atomic mass is 19.4. The van der Waals surface area contributed by atoms with Gasteiger partial charge in [-0.1, -0.05) is 18.6 Å². The number of benzene rings is 1. The molecule has 174 valence electrons. The van der Waals surface area contributed by atoms with Crippen molar-refractivity contribution in [1.82, 2.24) is 19.7 Å². The van der Waals surface area contributed by atoms with Crippen LogP contribution in [0, 0.1) is 0 Å². The number of aliphatic carboxylic acids is 1. The van der Waals surface area contributed by atoms with E-state index >= 15 is 0 Å². The third-order valence-corrected chi connectivity index (χ3v) is 5.63. The Balaban J connectivity index is 0.000000360. The number of alkyl halides is 3. The molecule has 4 rings (SSSR count). The molecule has 3 heterocycles. The molecule has 1 aromatic heterocycles. The van der Waals surface area contributed by atoms with Crippen LogP contribution in [0.2, 0.25) is 0 Å². The first-order chi connectivity index (χ1) is 15.2. The van der Waals surface area contributed by atoms with Crippen LogP contribution in [0.15, 0.2) is 24.3 Å². The molecule has 2 aliphatic rings. The van der Waals surface area contributed by atoms with Gasteiger partial charge < -0.3 is 14.8 Å². The van der Waals surface area contributed by atoms with Crippen LogP contribution in [0.5, 0.6) is 0 Å². The number of aromatic nitrogens is 3. The van der Waals surface area contributed by atoms with Gasteiger partial charge in [0.2, 0.25) is 0 Å². The van der Waals surface area contributed by atoms with Crippen molar-refractivity contribution in [2.24, 2.45) is 0 Å². The first kappa shape index (κ1) is 23.7. The lowest BCUT2D eigenvalue weighted by Gasteiger charge is -2.35. The molecule has 2 N–H and O–H groups in total. The number of carbonyl (C=O) groups is 2. The van der Waals surface area contributed by atoms with E-state index in [1.165, 1.54) is 25.7 Å². The van der Waals surface area contributed by atoms with Gasteiger partial charge >= 0.3 is 18.1 Å². The quantitative estimate of drug-likeness (QED) is 0.726. The monoisotopic (exact) mass is 454 g/mol. The van der Waals surface area contributed by atoms with Crippen LogP contribution in [-0.4, -0.2) is 54.5 Å². The lowest BCUT2D eigenvalue weighted by Crippen LogP contribution is -2.35. The third kappa shape index (κ3) is 5.84. The van der Waals surface area contributed by atoms with Gasteiger partial charge in [-0.05, 0) is 49.9 Å². The summed E-state index contributed by atoms with van der Waals surface area (Å²) in [6.07, 6.45) is 1.91. The molecule has 2 aliphatic heterocycles. The highest BCUT2D eigenvalue weighted by molar-refractivity contribution is 5.87. The van der Waals surface area contributed by atoms with Gasteiger partial charge in [-0.25, -0.2) is 9.59 Å². The summed E-state index contributed by atoms with van der Waals surface area (Å²) in [5, 5.41) is 25.1. The summed E-state index contributed by atoms with van der Waals surface area (Å²) in [5.74, 6) is -1.38. The van der Waals surface area contributed by atoms with Crippen LogP contribution < -0.4 is 0 Å². The van der Waals surface area contributed by atoms with Crippen molar-refractivity contribution in [3.05, 3.63) is 47.0 Å². The predicted octanol–water partition coefficient (Wildman–Crippen LogP) is 3.67. The van der Waals surface area contributed by atoms with Crippen molar-refractivity contribution < 1.29 is 33.0 Å². The molecule has 0 radical (unpaired) electrons. The Hall–Kier alpha value is -2.95. The first-order valence-electron chi connectivity index (χ1n) is 10.4. The number of rotatable bonds is 4. The first-order valence-corrected chi connectivity index (χ1v) is 10.4. The zero-order chi connectivity index (χ0) is 23.3. The summed E-state index contributed by atoms with van der Waals surface area (Å²) in [6, 6.07) is 7.54. The number of carboxylic acids is 2. The van der Waals surface area contributed by atoms with Crippen LogP contribution in [0.1, 0.15) is 65.7 Å². The second-order valence-electron chi connectivity index (χ2n) is 7.87. The molecule has 0 saturated carbocycles. The van der Waals surface area contributed by atoms with Crippen molar-refractivity contribution >= 4 is 11.9 Å². The number of carboxylic acid groups (broad SMARTS) is 2. The molecule has 1 unspecified atom stereocenters. The molecule has 11 heteroatoms. The standard InChI is InChI=1S/C19H24N4O2.C2HF3O2/c24-19(25)15-9-7-14(8-10-15)13-22-11-3-1-5-16(22)18-21-20-17-6-2-4-12-23(17)18;3-2(4,5)1(6)7/h7-10,16H,1-6,11-13H2,(H,24,25);(H,6,7). The van der Waals surface area contributed by atoms with Gasteiger partial charge in [-0.2, -0.15) is 13.2 Å². The predicted molar refractivity (Wildman–Crippen MR) is 107 cm³/mol. The molecular formula is C21H25F3N4O4. The number of piperidine rings is 1. The fraction of sp³-hybridized carbons (Fsp3) is 0.524. The summed E-state index contributed by atoms with van der Waals surface area (Å²) in [4.78, 5) is 22.4. The number of aryl methyl sites for hydroxylation is 1. The molecule has 1 atom stereocenters. The minimum Gasteiger partial charge on any atom is -0.478 e. The van der Waals surface area contributed by atoms with Crippen molar-refractivity contribution in [2.75, 3.05) is 6.54 Å². The summed E-state index contributed by atoms with van der Waals surface area (Å²) >= 11 is 0. The number of hydrogen-bond acceptors (Lipinski definition) is 5. The molecular weight excluding hydrogens is 429 g/mol. The average molecular weight is 454 g/mol. The number of aromatic carboxylic acids is 1. The molecule has 0 spiro atoms. The van der Waals surface area contributed by atoms with E-state index in [1.807, 2.05) is 12.1 Å². The summed E-state index contributed by atoms with van der Waals surface area (Å²) in [6.45, 7) is 2.91. The Kier molecular flexibility index (Phi) is 7.49. The Morgan fingerprint density at radius 1 is 1.00 bits per heavy atom. The molecule has 0 amide bonds. The summed E-state index contributed by atoms with van der Waals surface area (Å²) in [7, 11) is 0. The van der Waals surface area contributed by atoms with Gasteiger partial charge in [0, 0.05) is 19.5 Å². The van der Waals surface area contributed by atoms with E-state index in [4.69, 9.17) is 15.0 Å². The SMILES string of the molecule is O=C(O)C(F)(F)F.O=C(O)c1ccc(CN2CCCCC2c2nnc3n2CCCC3)cc1.